The lowest BCUT2D eigenvalue weighted by Gasteiger charge is -2.09. The normalized spacial score (nSPS) is 13.1. The van der Waals surface area contributed by atoms with Gasteiger partial charge in [-0.3, -0.25) is 0 Å². The molecule has 0 fully saturated rings. The van der Waals surface area contributed by atoms with Gasteiger partial charge < -0.3 is 4.74 Å². The molecule has 0 aliphatic rings. The molecule has 1 rings (SSSR count). The van der Waals surface area contributed by atoms with E-state index in [-0.39, 0.29) is 6.35 Å². The van der Waals surface area contributed by atoms with Crippen LogP contribution in [0, 0.1) is 5.92 Å². The van der Waals surface area contributed by atoms with Crippen molar-refractivity contribution in [1.82, 2.24) is 0 Å². The van der Waals surface area contributed by atoms with Crippen LogP contribution in [0.3, 0.4) is 0 Å². The van der Waals surface area contributed by atoms with Crippen LogP contribution in [0.15, 0.2) is 30.3 Å². The van der Waals surface area contributed by atoms with Crippen molar-refractivity contribution < 1.29 is 13.8 Å². The van der Waals surface area contributed by atoms with E-state index in [2.05, 4.69) is 13.8 Å². The van der Waals surface area contributed by atoms with Crippen molar-refractivity contribution in [3.05, 3.63) is 30.3 Å². The summed E-state index contributed by atoms with van der Waals surface area (Å²) in [5.74, 6) is 1.24. The van der Waals surface area contributed by atoms with Crippen LogP contribution in [0.2, 0.25) is 0 Å². The van der Waals surface area contributed by atoms with Gasteiger partial charge in [0.1, 0.15) is 12.4 Å². The summed E-state index contributed by atoms with van der Waals surface area (Å²) in [5, 5.41) is 0. The first-order valence-corrected chi connectivity index (χ1v) is 8.38. The third kappa shape index (κ3) is 7.29. The van der Waals surface area contributed by atoms with Gasteiger partial charge in [-0.05, 0) is 29.0 Å². The Morgan fingerprint density at radius 3 is 2.58 bits per heavy atom. The maximum absolute atomic E-state index is 11.7. The second-order valence-corrected chi connectivity index (χ2v) is 5.81. The smallest absolute Gasteiger partial charge is 0.446 e. The summed E-state index contributed by atoms with van der Waals surface area (Å²) in [5.41, 5.74) is 0. The van der Waals surface area contributed by atoms with E-state index in [1.54, 1.807) is 0 Å². The second-order valence-electron chi connectivity index (χ2n) is 4.63. The third-order valence-corrected chi connectivity index (χ3v) is 3.85. The molecule has 0 N–H and O–H groups in total. The molecule has 0 aromatic heterocycles. The Balaban J connectivity index is 2.20. The van der Waals surface area contributed by atoms with Crippen molar-refractivity contribution in [2.45, 2.75) is 39.5 Å². The number of benzene rings is 1. The van der Waals surface area contributed by atoms with Crippen molar-refractivity contribution in [2.24, 2.45) is 5.92 Å². The number of rotatable bonds is 10. The summed E-state index contributed by atoms with van der Waals surface area (Å²) in [6.45, 7) is 4.91. The predicted octanol–water partition coefficient (Wildman–Crippen LogP) is 5.00. The average molecular weight is 283 g/mol. The van der Waals surface area contributed by atoms with Gasteiger partial charge in [0.05, 0.1) is 0 Å². The van der Waals surface area contributed by atoms with E-state index in [9.17, 15) is 4.57 Å². The minimum Gasteiger partial charge on any atom is -0.446 e. The molecular weight excluding hydrogens is 259 g/mol. The monoisotopic (exact) mass is 283 g/mol. The van der Waals surface area contributed by atoms with Crippen LogP contribution in [-0.2, 0) is 9.09 Å². The molecule has 0 saturated carbocycles. The van der Waals surface area contributed by atoms with E-state index >= 15 is 0 Å². The number of para-hydroxylation sites is 1. The highest BCUT2D eigenvalue weighted by atomic mass is 31.1. The highest BCUT2D eigenvalue weighted by molar-refractivity contribution is 7.38. The van der Waals surface area contributed by atoms with Gasteiger partial charge in [0.25, 0.3) is 0 Å². The fourth-order valence-electron chi connectivity index (χ4n) is 1.77. The zero-order valence-electron chi connectivity index (χ0n) is 11.9. The lowest BCUT2D eigenvalue weighted by atomic mass is 10.0. The first-order valence-electron chi connectivity index (χ1n) is 7.01. The summed E-state index contributed by atoms with van der Waals surface area (Å²) < 4.78 is 22.5. The van der Waals surface area contributed by atoms with Crippen molar-refractivity contribution >= 4 is 8.03 Å². The summed E-state index contributed by atoms with van der Waals surface area (Å²) in [7, 11) is -1.73. The van der Waals surface area contributed by atoms with Crippen LogP contribution < -0.4 is 4.74 Å². The molecule has 1 aromatic carbocycles. The minimum absolute atomic E-state index is 0.129. The molecule has 1 aromatic rings. The Kier molecular flexibility index (Phi) is 8.44. The van der Waals surface area contributed by atoms with E-state index < -0.39 is 8.03 Å². The zero-order chi connectivity index (χ0) is 13.9. The third-order valence-electron chi connectivity index (χ3n) is 3.08. The van der Waals surface area contributed by atoms with Gasteiger partial charge in [-0.1, -0.05) is 51.3 Å². The maximum Gasteiger partial charge on any atom is 0.550 e. The Morgan fingerprint density at radius 1 is 1.21 bits per heavy atom. The predicted molar refractivity (Wildman–Crippen MR) is 78.8 cm³/mol. The SMILES string of the molecule is CCCCC(CC)CO[P+](=O)COc1ccccc1. The van der Waals surface area contributed by atoms with Gasteiger partial charge in [0, 0.05) is 0 Å². The molecule has 0 aliphatic carbocycles. The largest absolute Gasteiger partial charge is 0.550 e. The topological polar surface area (TPSA) is 35.5 Å². The Bertz CT molecular complexity index is 354. The summed E-state index contributed by atoms with van der Waals surface area (Å²) in [6.07, 6.45) is 4.75. The fraction of sp³-hybridized carbons (Fsp3) is 0.600. The Hall–Kier alpha value is -0.920. The van der Waals surface area contributed by atoms with E-state index in [4.69, 9.17) is 9.26 Å². The van der Waals surface area contributed by atoms with Crippen LogP contribution in [-0.4, -0.2) is 13.0 Å². The van der Waals surface area contributed by atoms with E-state index in [1.165, 1.54) is 12.8 Å². The molecule has 0 amide bonds. The van der Waals surface area contributed by atoms with Crippen molar-refractivity contribution in [3.63, 3.8) is 0 Å². The van der Waals surface area contributed by atoms with E-state index in [1.807, 2.05) is 30.3 Å². The molecule has 4 heteroatoms. The molecule has 3 nitrogen and oxygen atoms in total. The van der Waals surface area contributed by atoms with E-state index in [0.717, 1.165) is 18.6 Å². The molecule has 2 unspecified atom stereocenters. The van der Waals surface area contributed by atoms with Crippen LogP contribution >= 0.6 is 8.03 Å². The first kappa shape index (κ1) is 16.1. The first-order chi connectivity index (χ1) is 9.26. The molecule has 0 aliphatic heterocycles. The maximum atomic E-state index is 11.7. The molecule has 0 heterocycles. The molecule has 0 saturated heterocycles. The summed E-state index contributed by atoms with van der Waals surface area (Å²) in [6, 6.07) is 9.39. The van der Waals surface area contributed by atoms with Crippen LogP contribution in [0.25, 0.3) is 0 Å². The molecular formula is C15H24O3P+. The molecule has 106 valence electrons. The highest BCUT2D eigenvalue weighted by Crippen LogP contribution is 2.26. The fourth-order valence-corrected chi connectivity index (χ4v) is 2.47. The van der Waals surface area contributed by atoms with Crippen molar-refractivity contribution in [2.75, 3.05) is 13.0 Å². The quantitative estimate of drug-likeness (QED) is 0.567. The standard InChI is InChI=1S/C15H24O3P/c1-3-5-9-14(4-2)12-18-19(16)13-17-15-10-7-6-8-11-15/h6-8,10-11,14H,3-5,9,12-13H2,1-2H3/q+1. The molecule has 0 bridgehead atoms. The minimum atomic E-state index is -1.73. The van der Waals surface area contributed by atoms with Crippen molar-refractivity contribution in [3.8, 4) is 5.75 Å². The molecule has 19 heavy (non-hydrogen) atoms. The summed E-state index contributed by atoms with van der Waals surface area (Å²) in [4.78, 5) is 0. The Labute approximate surface area is 117 Å². The highest BCUT2D eigenvalue weighted by Gasteiger charge is 2.20. The van der Waals surface area contributed by atoms with Crippen molar-refractivity contribution in [1.29, 1.82) is 0 Å². The van der Waals surface area contributed by atoms with Gasteiger partial charge in [-0.25, -0.2) is 0 Å². The number of hydrogen-bond donors (Lipinski definition) is 0. The van der Waals surface area contributed by atoms with Gasteiger partial charge in [-0.2, -0.15) is 0 Å². The number of unbranched alkanes of at least 4 members (excludes halogenated alkanes) is 1. The summed E-state index contributed by atoms with van der Waals surface area (Å²) >= 11 is 0. The lowest BCUT2D eigenvalue weighted by Crippen LogP contribution is -2.07. The van der Waals surface area contributed by atoms with Crippen LogP contribution in [0.5, 0.6) is 5.75 Å². The second kappa shape index (κ2) is 9.94. The number of hydrogen-bond acceptors (Lipinski definition) is 3. The number of ether oxygens (including phenoxy) is 1. The van der Waals surface area contributed by atoms with Crippen LogP contribution in [0.4, 0.5) is 0 Å². The van der Waals surface area contributed by atoms with Crippen LogP contribution in [0.1, 0.15) is 39.5 Å². The van der Waals surface area contributed by atoms with Gasteiger partial charge in [-0.15, -0.1) is 4.52 Å². The molecule has 0 radical (unpaired) electrons. The van der Waals surface area contributed by atoms with Gasteiger partial charge >= 0.3 is 14.4 Å². The lowest BCUT2D eigenvalue weighted by molar-refractivity contribution is 0.233. The molecule has 0 spiro atoms. The Morgan fingerprint density at radius 2 is 1.95 bits per heavy atom. The average Bonchev–Trinajstić information content (AvgIpc) is 2.46. The van der Waals surface area contributed by atoms with Gasteiger partial charge in [0.2, 0.25) is 0 Å². The zero-order valence-corrected chi connectivity index (χ0v) is 12.8. The van der Waals surface area contributed by atoms with E-state index in [0.29, 0.717) is 12.5 Å². The molecule has 2 atom stereocenters. The van der Waals surface area contributed by atoms with Gasteiger partial charge in [0.15, 0.2) is 0 Å².